The standard InChI is InChI=1S/C18H21N5O2/c1-25-11-10-20-17(24)13-23-16-8-3-2-7-15(16)22-18(23)21-12-14-6-4-5-9-19-14/h2-9H,10-13H2,1H3,(H,20,24)(H,21,22). The number of carbonyl (C=O) groups is 1. The average molecular weight is 339 g/mol. The summed E-state index contributed by atoms with van der Waals surface area (Å²) in [5.74, 6) is 0.565. The third-order valence-corrected chi connectivity index (χ3v) is 3.74. The van der Waals surface area contributed by atoms with Crippen molar-refractivity contribution in [1.82, 2.24) is 19.9 Å². The fraction of sp³-hybridized carbons (Fsp3) is 0.278. The number of benzene rings is 1. The highest BCUT2D eigenvalue weighted by molar-refractivity contribution is 5.83. The lowest BCUT2D eigenvalue weighted by Crippen LogP contribution is -2.30. The van der Waals surface area contributed by atoms with Crippen LogP contribution in [0.3, 0.4) is 0 Å². The number of para-hydroxylation sites is 2. The molecule has 2 N–H and O–H groups in total. The zero-order valence-electron chi connectivity index (χ0n) is 14.1. The molecule has 0 fully saturated rings. The molecule has 7 heteroatoms. The van der Waals surface area contributed by atoms with Gasteiger partial charge in [0.15, 0.2) is 0 Å². The zero-order chi connectivity index (χ0) is 17.5. The Balaban J connectivity index is 1.78. The quantitative estimate of drug-likeness (QED) is 0.612. The van der Waals surface area contributed by atoms with E-state index in [1.807, 2.05) is 47.0 Å². The predicted octanol–water partition coefficient (Wildman–Crippen LogP) is 1.81. The highest BCUT2D eigenvalue weighted by Gasteiger charge is 2.13. The first-order valence-corrected chi connectivity index (χ1v) is 8.12. The van der Waals surface area contributed by atoms with E-state index < -0.39 is 0 Å². The lowest BCUT2D eigenvalue weighted by atomic mass is 10.3. The zero-order valence-corrected chi connectivity index (χ0v) is 14.1. The Morgan fingerprint density at radius 1 is 1.20 bits per heavy atom. The lowest BCUT2D eigenvalue weighted by molar-refractivity contribution is -0.121. The fourth-order valence-corrected chi connectivity index (χ4v) is 2.53. The van der Waals surface area contributed by atoms with Crippen molar-refractivity contribution in [3.8, 4) is 0 Å². The Morgan fingerprint density at radius 3 is 2.84 bits per heavy atom. The molecule has 7 nitrogen and oxygen atoms in total. The molecule has 1 amide bonds. The number of nitrogens with one attached hydrogen (secondary N) is 2. The number of hydrogen-bond donors (Lipinski definition) is 2. The largest absolute Gasteiger partial charge is 0.383 e. The van der Waals surface area contributed by atoms with Gasteiger partial charge in [0.1, 0.15) is 6.54 Å². The molecule has 3 rings (SSSR count). The van der Waals surface area contributed by atoms with Crippen molar-refractivity contribution < 1.29 is 9.53 Å². The summed E-state index contributed by atoms with van der Waals surface area (Å²) in [6, 6.07) is 13.5. The van der Waals surface area contributed by atoms with Crippen molar-refractivity contribution in [3.05, 3.63) is 54.4 Å². The van der Waals surface area contributed by atoms with Crippen LogP contribution in [0.2, 0.25) is 0 Å². The number of imidazole rings is 1. The molecule has 0 spiro atoms. The van der Waals surface area contributed by atoms with Gasteiger partial charge in [-0.25, -0.2) is 4.98 Å². The first-order chi connectivity index (χ1) is 12.3. The summed E-state index contributed by atoms with van der Waals surface area (Å²) in [7, 11) is 1.61. The number of rotatable bonds is 8. The van der Waals surface area contributed by atoms with Crippen LogP contribution in [0.25, 0.3) is 11.0 Å². The molecule has 0 bridgehead atoms. The van der Waals surface area contributed by atoms with Gasteiger partial charge in [-0.05, 0) is 24.3 Å². The molecule has 0 atom stereocenters. The second-order valence-corrected chi connectivity index (χ2v) is 5.53. The van der Waals surface area contributed by atoms with E-state index in [1.54, 1.807) is 13.3 Å². The van der Waals surface area contributed by atoms with E-state index in [4.69, 9.17) is 4.74 Å². The number of methoxy groups -OCH3 is 1. The van der Waals surface area contributed by atoms with E-state index >= 15 is 0 Å². The van der Waals surface area contributed by atoms with E-state index in [1.165, 1.54) is 0 Å². The molecule has 1 aromatic carbocycles. The van der Waals surface area contributed by atoms with Crippen molar-refractivity contribution in [2.24, 2.45) is 0 Å². The lowest BCUT2D eigenvalue weighted by Gasteiger charge is -2.11. The van der Waals surface area contributed by atoms with Crippen LogP contribution in [0.15, 0.2) is 48.7 Å². The Kier molecular flexibility index (Phi) is 5.58. The van der Waals surface area contributed by atoms with Crippen LogP contribution in [0.4, 0.5) is 5.95 Å². The molecular formula is C18H21N5O2. The number of aromatic nitrogens is 3. The minimum Gasteiger partial charge on any atom is -0.383 e. The number of hydrogen-bond acceptors (Lipinski definition) is 5. The number of fused-ring (bicyclic) bond motifs is 1. The number of pyridine rings is 1. The molecule has 0 aliphatic rings. The molecule has 0 saturated carbocycles. The van der Waals surface area contributed by atoms with Crippen molar-refractivity contribution in [3.63, 3.8) is 0 Å². The van der Waals surface area contributed by atoms with Crippen LogP contribution >= 0.6 is 0 Å². The predicted molar refractivity (Wildman–Crippen MR) is 96.2 cm³/mol. The summed E-state index contributed by atoms with van der Waals surface area (Å²) in [5, 5.41) is 6.11. The van der Waals surface area contributed by atoms with Crippen LogP contribution in [-0.2, 0) is 22.6 Å². The van der Waals surface area contributed by atoms with E-state index in [0.717, 1.165) is 16.7 Å². The van der Waals surface area contributed by atoms with Gasteiger partial charge in [0.05, 0.1) is 29.9 Å². The van der Waals surface area contributed by atoms with Crippen LogP contribution in [0.5, 0.6) is 0 Å². The summed E-state index contributed by atoms with van der Waals surface area (Å²) in [4.78, 5) is 21.1. The molecule has 25 heavy (non-hydrogen) atoms. The van der Waals surface area contributed by atoms with Gasteiger partial charge in [-0.2, -0.15) is 0 Å². The van der Waals surface area contributed by atoms with Gasteiger partial charge >= 0.3 is 0 Å². The average Bonchev–Trinajstić information content (AvgIpc) is 2.99. The van der Waals surface area contributed by atoms with Crippen LogP contribution < -0.4 is 10.6 Å². The smallest absolute Gasteiger partial charge is 0.240 e. The van der Waals surface area contributed by atoms with Crippen molar-refractivity contribution in [2.75, 3.05) is 25.6 Å². The monoisotopic (exact) mass is 339 g/mol. The molecule has 0 aliphatic carbocycles. The van der Waals surface area contributed by atoms with Crippen LogP contribution in [0, 0.1) is 0 Å². The van der Waals surface area contributed by atoms with E-state index in [-0.39, 0.29) is 12.5 Å². The molecule has 3 aromatic rings. The molecular weight excluding hydrogens is 318 g/mol. The Morgan fingerprint density at radius 2 is 2.04 bits per heavy atom. The van der Waals surface area contributed by atoms with Crippen LogP contribution in [-0.4, -0.2) is 40.7 Å². The molecule has 0 unspecified atom stereocenters. The molecule has 2 heterocycles. The summed E-state index contributed by atoms with van der Waals surface area (Å²) in [6.07, 6.45) is 1.75. The van der Waals surface area contributed by atoms with Crippen LogP contribution in [0.1, 0.15) is 5.69 Å². The number of anilines is 1. The molecule has 0 radical (unpaired) electrons. The van der Waals surface area contributed by atoms with Gasteiger partial charge in [0, 0.05) is 19.9 Å². The topological polar surface area (TPSA) is 81.1 Å². The summed E-state index contributed by atoms with van der Waals surface area (Å²) >= 11 is 0. The first-order valence-electron chi connectivity index (χ1n) is 8.12. The first kappa shape index (κ1) is 16.9. The maximum absolute atomic E-state index is 12.2. The molecule has 2 aromatic heterocycles. The number of nitrogens with zero attached hydrogens (tertiary/aromatic N) is 3. The van der Waals surface area contributed by atoms with E-state index in [0.29, 0.717) is 25.6 Å². The van der Waals surface area contributed by atoms with E-state index in [9.17, 15) is 4.79 Å². The number of carbonyl (C=O) groups excluding carboxylic acids is 1. The van der Waals surface area contributed by atoms with Gasteiger partial charge in [0.25, 0.3) is 0 Å². The van der Waals surface area contributed by atoms with Crippen molar-refractivity contribution in [2.45, 2.75) is 13.1 Å². The fourth-order valence-electron chi connectivity index (χ4n) is 2.53. The minimum atomic E-state index is -0.0823. The van der Waals surface area contributed by atoms with Gasteiger partial charge in [0.2, 0.25) is 11.9 Å². The number of amides is 1. The van der Waals surface area contributed by atoms with E-state index in [2.05, 4.69) is 20.6 Å². The maximum atomic E-state index is 12.2. The molecule has 0 aliphatic heterocycles. The summed E-state index contributed by atoms with van der Waals surface area (Å²) in [5.41, 5.74) is 2.66. The SMILES string of the molecule is COCCNC(=O)Cn1c(NCc2ccccn2)nc2ccccc21. The highest BCUT2D eigenvalue weighted by Crippen LogP contribution is 2.19. The minimum absolute atomic E-state index is 0.0823. The molecule has 0 saturated heterocycles. The third-order valence-electron chi connectivity index (χ3n) is 3.74. The van der Waals surface area contributed by atoms with Gasteiger partial charge < -0.3 is 19.9 Å². The second kappa shape index (κ2) is 8.25. The normalized spacial score (nSPS) is 10.8. The second-order valence-electron chi connectivity index (χ2n) is 5.53. The highest BCUT2D eigenvalue weighted by atomic mass is 16.5. The Labute approximate surface area is 146 Å². The van der Waals surface area contributed by atoms with Crippen molar-refractivity contribution in [1.29, 1.82) is 0 Å². The maximum Gasteiger partial charge on any atom is 0.240 e. The Hall–Kier alpha value is -2.93. The summed E-state index contributed by atoms with van der Waals surface area (Å²) in [6.45, 7) is 1.70. The number of ether oxygens (including phenoxy) is 1. The third kappa shape index (κ3) is 4.33. The Bertz CT molecular complexity index is 832. The van der Waals surface area contributed by atoms with Gasteiger partial charge in [-0.15, -0.1) is 0 Å². The molecule has 130 valence electrons. The van der Waals surface area contributed by atoms with Gasteiger partial charge in [-0.1, -0.05) is 18.2 Å². The van der Waals surface area contributed by atoms with Gasteiger partial charge in [-0.3, -0.25) is 9.78 Å². The summed E-state index contributed by atoms with van der Waals surface area (Å²) < 4.78 is 6.83. The van der Waals surface area contributed by atoms with Crippen molar-refractivity contribution >= 4 is 22.9 Å².